The number of rotatable bonds is 6. The lowest BCUT2D eigenvalue weighted by atomic mass is 9.93. The predicted molar refractivity (Wildman–Crippen MR) is 116 cm³/mol. The summed E-state index contributed by atoms with van der Waals surface area (Å²) in [5.74, 6) is 0.421. The molecule has 0 unspecified atom stereocenters. The second kappa shape index (κ2) is 8.58. The molecule has 0 radical (unpaired) electrons. The van der Waals surface area contributed by atoms with Crippen LogP contribution in [0, 0.1) is 0 Å². The van der Waals surface area contributed by atoms with Crippen LogP contribution in [-0.4, -0.2) is 5.11 Å². The van der Waals surface area contributed by atoms with Crippen LogP contribution >= 0.6 is 0 Å². The number of phenolic OH excluding ortho intramolecular Hbond substituents is 1. The largest absolute Gasteiger partial charge is 0.507 e. The summed E-state index contributed by atoms with van der Waals surface area (Å²) < 4.78 is 0. The summed E-state index contributed by atoms with van der Waals surface area (Å²) in [6.07, 6.45) is 2.33. The fraction of sp³-hybridized carbons (Fsp3) is 0.111. The third-order valence-corrected chi connectivity index (χ3v) is 5.05. The summed E-state index contributed by atoms with van der Waals surface area (Å²) in [7, 11) is 0. The maximum Gasteiger partial charge on any atom is 0.122 e. The average Bonchev–Trinajstić information content (AvgIpc) is 2.74. The van der Waals surface area contributed by atoms with Gasteiger partial charge in [-0.25, -0.2) is 0 Å². The minimum absolute atomic E-state index is 0.421. The van der Waals surface area contributed by atoms with Crippen molar-refractivity contribution in [3.63, 3.8) is 0 Å². The van der Waals surface area contributed by atoms with Crippen LogP contribution < -0.4 is 0 Å². The van der Waals surface area contributed by atoms with E-state index in [2.05, 4.69) is 60.7 Å². The Hall–Kier alpha value is -3.32. The summed E-state index contributed by atoms with van der Waals surface area (Å²) in [5.41, 5.74) is 6.92. The van der Waals surface area contributed by atoms with E-state index < -0.39 is 0 Å². The summed E-state index contributed by atoms with van der Waals surface area (Å²) >= 11 is 0. The van der Waals surface area contributed by atoms with E-state index in [9.17, 15) is 5.11 Å². The SMILES string of the molecule is Oc1c(Cc2ccccc2)cc(Cc2ccccc2)cc1Cc1ccccc1. The second-order valence-corrected chi connectivity index (χ2v) is 7.25. The van der Waals surface area contributed by atoms with E-state index in [0.29, 0.717) is 5.75 Å². The molecular formula is C27H24O. The molecule has 0 aromatic heterocycles. The number of benzene rings is 4. The molecule has 0 aliphatic rings. The molecule has 0 aliphatic heterocycles. The number of phenols is 1. The van der Waals surface area contributed by atoms with Crippen LogP contribution in [0.25, 0.3) is 0 Å². The first-order chi connectivity index (χ1) is 13.8. The molecule has 0 bridgehead atoms. The normalized spacial score (nSPS) is 10.7. The highest BCUT2D eigenvalue weighted by atomic mass is 16.3. The standard InChI is InChI=1S/C27H24O/c28-27-25(17-22-12-6-2-7-13-22)19-24(16-21-10-4-1-5-11-21)20-26(27)18-23-14-8-3-9-15-23/h1-15,19-20,28H,16-18H2. The molecule has 4 aromatic carbocycles. The Kier molecular flexibility index (Phi) is 5.53. The fourth-order valence-electron chi connectivity index (χ4n) is 3.67. The van der Waals surface area contributed by atoms with Crippen molar-refractivity contribution in [1.29, 1.82) is 0 Å². The Labute approximate surface area is 166 Å². The van der Waals surface area contributed by atoms with Crippen LogP contribution in [0.3, 0.4) is 0 Å². The monoisotopic (exact) mass is 364 g/mol. The summed E-state index contributed by atoms with van der Waals surface area (Å²) in [6.45, 7) is 0. The van der Waals surface area contributed by atoms with Gasteiger partial charge in [0.1, 0.15) is 5.75 Å². The first-order valence-electron chi connectivity index (χ1n) is 9.73. The molecule has 0 heterocycles. The highest BCUT2D eigenvalue weighted by Gasteiger charge is 2.12. The molecule has 0 aliphatic carbocycles. The molecule has 0 fully saturated rings. The van der Waals surface area contributed by atoms with Crippen molar-refractivity contribution < 1.29 is 5.11 Å². The van der Waals surface area contributed by atoms with E-state index >= 15 is 0 Å². The topological polar surface area (TPSA) is 20.2 Å². The summed E-state index contributed by atoms with van der Waals surface area (Å²) in [4.78, 5) is 0. The Morgan fingerprint density at radius 1 is 0.429 bits per heavy atom. The lowest BCUT2D eigenvalue weighted by Crippen LogP contribution is -1.99. The van der Waals surface area contributed by atoms with Gasteiger partial charge in [-0.15, -0.1) is 0 Å². The molecule has 1 nitrogen and oxygen atoms in total. The highest BCUT2D eigenvalue weighted by molar-refractivity contribution is 5.48. The number of aromatic hydroxyl groups is 1. The van der Waals surface area contributed by atoms with Crippen molar-refractivity contribution in [3.8, 4) is 5.75 Å². The zero-order valence-corrected chi connectivity index (χ0v) is 15.9. The molecule has 28 heavy (non-hydrogen) atoms. The van der Waals surface area contributed by atoms with E-state index in [1.165, 1.54) is 22.3 Å². The Balaban J connectivity index is 1.71. The Morgan fingerprint density at radius 2 is 0.786 bits per heavy atom. The lowest BCUT2D eigenvalue weighted by molar-refractivity contribution is 0.463. The number of hydrogen-bond acceptors (Lipinski definition) is 1. The lowest BCUT2D eigenvalue weighted by Gasteiger charge is -2.14. The van der Waals surface area contributed by atoms with Crippen molar-refractivity contribution in [2.75, 3.05) is 0 Å². The van der Waals surface area contributed by atoms with Gasteiger partial charge in [-0.3, -0.25) is 0 Å². The van der Waals surface area contributed by atoms with Gasteiger partial charge in [0.25, 0.3) is 0 Å². The van der Waals surface area contributed by atoms with E-state index in [4.69, 9.17) is 0 Å². The zero-order valence-electron chi connectivity index (χ0n) is 15.9. The van der Waals surface area contributed by atoms with Crippen molar-refractivity contribution >= 4 is 0 Å². The van der Waals surface area contributed by atoms with Gasteiger partial charge < -0.3 is 5.11 Å². The maximum atomic E-state index is 11.0. The summed E-state index contributed by atoms with van der Waals surface area (Å²) in [5, 5.41) is 11.0. The summed E-state index contributed by atoms with van der Waals surface area (Å²) in [6, 6.07) is 35.5. The highest BCUT2D eigenvalue weighted by Crippen LogP contribution is 2.30. The molecule has 0 spiro atoms. The predicted octanol–water partition coefficient (Wildman–Crippen LogP) is 6.16. The minimum Gasteiger partial charge on any atom is -0.507 e. The van der Waals surface area contributed by atoms with Crippen molar-refractivity contribution in [3.05, 3.63) is 137 Å². The van der Waals surface area contributed by atoms with Crippen molar-refractivity contribution in [2.45, 2.75) is 19.3 Å². The van der Waals surface area contributed by atoms with E-state index in [-0.39, 0.29) is 0 Å². The van der Waals surface area contributed by atoms with Crippen LogP contribution in [0.5, 0.6) is 5.75 Å². The molecule has 4 aromatic rings. The van der Waals surface area contributed by atoms with Gasteiger partial charge >= 0.3 is 0 Å². The van der Waals surface area contributed by atoms with Gasteiger partial charge in [0, 0.05) is 12.8 Å². The third kappa shape index (κ3) is 4.50. The first kappa shape index (κ1) is 18.1. The van der Waals surface area contributed by atoms with Gasteiger partial charge in [-0.1, -0.05) is 103 Å². The first-order valence-corrected chi connectivity index (χ1v) is 9.73. The van der Waals surface area contributed by atoms with Crippen LogP contribution in [0.4, 0.5) is 0 Å². The third-order valence-electron chi connectivity index (χ3n) is 5.05. The maximum absolute atomic E-state index is 11.0. The molecule has 0 saturated heterocycles. The van der Waals surface area contributed by atoms with Crippen LogP contribution in [0.15, 0.2) is 103 Å². The number of hydrogen-bond donors (Lipinski definition) is 1. The Morgan fingerprint density at radius 3 is 1.18 bits per heavy atom. The quantitative estimate of drug-likeness (QED) is 0.434. The smallest absolute Gasteiger partial charge is 0.122 e. The van der Waals surface area contributed by atoms with Gasteiger partial charge in [0.2, 0.25) is 0 Å². The van der Waals surface area contributed by atoms with Gasteiger partial charge in [0.15, 0.2) is 0 Å². The molecule has 0 atom stereocenters. The van der Waals surface area contributed by atoms with E-state index in [1.807, 2.05) is 42.5 Å². The molecule has 4 rings (SSSR count). The molecule has 0 amide bonds. The van der Waals surface area contributed by atoms with Gasteiger partial charge in [-0.05, 0) is 39.8 Å². The Bertz CT molecular complexity index is 959. The molecule has 0 saturated carbocycles. The van der Waals surface area contributed by atoms with Crippen LogP contribution in [0.1, 0.15) is 33.4 Å². The van der Waals surface area contributed by atoms with E-state index in [0.717, 1.165) is 30.4 Å². The second-order valence-electron chi connectivity index (χ2n) is 7.25. The molecular weight excluding hydrogens is 340 g/mol. The van der Waals surface area contributed by atoms with Crippen molar-refractivity contribution in [2.24, 2.45) is 0 Å². The molecule has 138 valence electrons. The van der Waals surface area contributed by atoms with E-state index in [1.54, 1.807) is 0 Å². The minimum atomic E-state index is 0.421. The molecule has 1 heteroatoms. The van der Waals surface area contributed by atoms with Gasteiger partial charge in [-0.2, -0.15) is 0 Å². The van der Waals surface area contributed by atoms with Crippen LogP contribution in [0.2, 0.25) is 0 Å². The van der Waals surface area contributed by atoms with Crippen LogP contribution in [-0.2, 0) is 19.3 Å². The zero-order chi connectivity index (χ0) is 19.2. The molecule has 1 N–H and O–H groups in total. The van der Waals surface area contributed by atoms with Crippen molar-refractivity contribution in [1.82, 2.24) is 0 Å². The van der Waals surface area contributed by atoms with Gasteiger partial charge in [0.05, 0.1) is 0 Å². The average molecular weight is 364 g/mol. The fourth-order valence-corrected chi connectivity index (χ4v) is 3.67.